The molecule has 2 aliphatic rings. The molecule has 2 heteroatoms. The van der Waals surface area contributed by atoms with E-state index in [9.17, 15) is 0 Å². The molecule has 1 aromatic rings. The van der Waals surface area contributed by atoms with Gasteiger partial charge in [0.15, 0.2) is 0 Å². The molecule has 1 N–H and O–H groups in total. The largest absolute Gasteiger partial charge is 0.313 e. The van der Waals surface area contributed by atoms with E-state index in [2.05, 4.69) is 59.4 Å². The van der Waals surface area contributed by atoms with E-state index in [1.807, 2.05) is 0 Å². The summed E-state index contributed by atoms with van der Waals surface area (Å²) < 4.78 is 1.18. The van der Waals surface area contributed by atoms with Crippen molar-refractivity contribution in [2.75, 3.05) is 6.54 Å². The zero-order chi connectivity index (χ0) is 12.8. The van der Waals surface area contributed by atoms with Gasteiger partial charge in [0.1, 0.15) is 0 Å². The zero-order valence-electron chi connectivity index (χ0n) is 11.3. The summed E-state index contributed by atoms with van der Waals surface area (Å²) in [6.07, 6.45) is 5.36. The molecule has 2 aliphatic carbocycles. The molecular formula is C16H22BrN. The Morgan fingerprint density at radius 1 is 1.17 bits per heavy atom. The molecule has 0 saturated heterocycles. The monoisotopic (exact) mass is 307 g/mol. The van der Waals surface area contributed by atoms with Gasteiger partial charge < -0.3 is 5.32 Å². The van der Waals surface area contributed by atoms with Gasteiger partial charge in [0, 0.05) is 22.5 Å². The Hall–Kier alpha value is -0.340. The average Bonchev–Trinajstić information content (AvgIpc) is 3.08. The molecule has 0 heterocycles. The Morgan fingerprint density at radius 3 is 2.28 bits per heavy atom. The van der Waals surface area contributed by atoms with Crippen LogP contribution < -0.4 is 5.32 Å². The fourth-order valence-electron chi connectivity index (χ4n) is 3.64. The lowest BCUT2D eigenvalue weighted by Gasteiger charge is -2.54. The molecule has 0 spiro atoms. The second kappa shape index (κ2) is 4.35. The fourth-order valence-corrected chi connectivity index (χ4v) is 3.91. The molecule has 0 aromatic heterocycles. The van der Waals surface area contributed by atoms with Gasteiger partial charge in [-0.3, -0.25) is 0 Å². The first-order chi connectivity index (χ1) is 8.49. The van der Waals surface area contributed by atoms with Gasteiger partial charge in [0.25, 0.3) is 0 Å². The maximum atomic E-state index is 3.74. The first-order valence-electron chi connectivity index (χ1n) is 6.99. The number of nitrogens with one attached hydrogen (secondary N) is 1. The predicted molar refractivity (Wildman–Crippen MR) is 79.9 cm³/mol. The Bertz CT molecular complexity index is 423. The molecule has 0 amide bonds. The lowest BCUT2D eigenvalue weighted by atomic mass is 9.52. The molecule has 1 aromatic carbocycles. The normalized spacial score (nSPS) is 24.6. The third kappa shape index (κ3) is 2.50. The Kier molecular flexibility index (Phi) is 3.06. The van der Waals surface area contributed by atoms with Crippen LogP contribution in [-0.2, 0) is 5.41 Å². The molecule has 0 bridgehead atoms. The molecule has 2 saturated carbocycles. The molecule has 0 atom stereocenters. The van der Waals surface area contributed by atoms with Crippen LogP contribution in [0.3, 0.4) is 0 Å². The van der Waals surface area contributed by atoms with Crippen LogP contribution in [0.4, 0.5) is 0 Å². The van der Waals surface area contributed by atoms with Crippen LogP contribution >= 0.6 is 15.9 Å². The zero-order valence-corrected chi connectivity index (χ0v) is 12.9. The van der Waals surface area contributed by atoms with Gasteiger partial charge in [-0.2, -0.15) is 0 Å². The second-order valence-corrected chi connectivity index (χ2v) is 7.88. The topological polar surface area (TPSA) is 12.0 Å². The molecule has 0 radical (unpaired) electrons. The summed E-state index contributed by atoms with van der Waals surface area (Å²) in [4.78, 5) is 0. The van der Waals surface area contributed by atoms with Crippen LogP contribution in [-0.4, -0.2) is 12.6 Å². The summed E-state index contributed by atoms with van der Waals surface area (Å²) in [5.74, 6) is 0. The quantitative estimate of drug-likeness (QED) is 0.876. The standard InChI is InChI=1S/C16H22BrN/c1-15(2)9-16(10-15,11-18-14-7-8-14)12-3-5-13(17)6-4-12/h3-6,14,18H,7-11H2,1-2H3. The van der Waals surface area contributed by atoms with Crippen LogP contribution in [0.25, 0.3) is 0 Å². The number of benzene rings is 1. The van der Waals surface area contributed by atoms with Crippen LogP contribution in [0.2, 0.25) is 0 Å². The minimum atomic E-state index is 0.382. The third-order valence-corrected chi connectivity index (χ3v) is 4.93. The highest BCUT2D eigenvalue weighted by molar-refractivity contribution is 9.10. The van der Waals surface area contributed by atoms with Crippen molar-refractivity contribution >= 4 is 15.9 Å². The van der Waals surface area contributed by atoms with E-state index in [-0.39, 0.29) is 0 Å². The van der Waals surface area contributed by atoms with Gasteiger partial charge >= 0.3 is 0 Å². The highest BCUT2D eigenvalue weighted by Gasteiger charge is 2.50. The van der Waals surface area contributed by atoms with E-state index in [1.165, 1.54) is 35.7 Å². The SMILES string of the molecule is CC1(C)CC(CNC2CC2)(c2ccc(Br)cc2)C1. The molecule has 98 valence electrons. The van der Waals surface area contributed by atoms with Crippen LogP contribution in [0, 0.1) is 5.41 Å². The Balaban J connectivity index is 1.78. The summed E-state index contributed by atoms with van der Waals surface area (Å²) >= 11 is 3.53. The Morgan fingerprint density at radius 2 is 1.78 bits per heavy atom. The predicted octanol–water partition coefficient (Wildman–Crippen LogP) is 4.26. The van der Waals surface area contributed by atoms with Crippen molar-refractivity contribution in [3.63, 3.8) is 0 Å². The second-order valence-electron chi connectivity index (χ2n) is 6.96. The molecule has 18 heavy (non-hydrogen) atoms. The van der Waals surface area contributed by atoms with Gasteiger partial charge in [-0.1, -0.05) is 41.9 Å². The number of hydrogen-bond acceptors (Lipinski definition) is 1. The molecule has 1 nitrogen and oxygen atoms in total. The molecule has 2 fully saturated rings. The van der Waals surface area contributed by atoms with Crippen molar-refractivity contribution in [3.8, 4) is 0 Å². The highest BCUT2D eigenvalue weighted by Crippen LogP contribution is 2.55. The number of hydrogen-bond donors (Lipinski definition) is 1. The van der Waals surface area contributed by atoms with Gasteiger partial charge in [0.05, 0.1) is 0 Å². The van der Waals surface area contributed by atoms with Gasteiger partial charge in [-0.15, -0.1) is 0 Å². The molecular weight excluding hydrogens is 286 g/mol. The summed E-state index contributed by atoms with van der Waals surface area (Å²) in [5.41, 5.74) is 2.41. The van der Waals surface area contributed by atoms with Crippen molar-refractivity contribution in [1.82, 2.24) is 5.32 Å². The van der Waals surface area contributed by atoms with E-state index in [0.717, 1.165) is 12.6 Å². The van der Waals surface area contributed by atoms with Gasteiger partial charge in [0.2, 0.25) is 0 Å². The van der Waals surface area contributed by atoms with Crippen molar-refractivity contribution in [3.05, 3.63) is 34.3 Å². The average molecular weight is 308 g/mol. The first-order valence-corrected chi connectivity index (χ1v) is 7.78. The summed E-state index contributed by atoms with van der Waals surface area (Å²) in [6, 6.07) is 9.77. The van der Waals surface area contributed by atoms with E-state index in [1.54, 1.807) is 0 Å². The van der Waals surface area contributed by atoms with E-state index in [4.69, 9.17) is 0 Å². The minimum absolute atomic E-state index is 0.382. The smallest absolute Gasteiger partial charge is 0.0175 e. The van der Waals surface area contributed by atoms with Crippen molar-refractivity contribution in [2.45, 2.75) is 51.0 Å². The van der Waals surface area contributed by atoms with Crippen LogP contribution in [0.5, 0.6) is 0 Å². The Labute approximate surface area is 118 Å². The van der Waals surface area contributed by atoms with Gasteiger partial charge in [-0.05, 0) is 48.8 Å². The van der Waals surface area contributed by atoms with Crippen LogP contribution in [0.15, 0.2) is 28.7 Å². The van der Waals surface area contributed by atoms with Crippen LogP contribution in [0.1, 0.15) is 45.1 Å². The first kappa shape index (κ1) is 12.7. The van der Waals surface area contributed by atoms with Crippen molar-refractivity contribution in [1.29, 1.82) is 0 Å². The molecule has 3 rings (SSSR count). The molecule has 0 aliphatic heterocycles. The van der Waals surface area contributed by atoms with Crippen molar-refractivity contribution in [2.24, 2.45) is 5.41 Å². The lowest BCUT2D eigenvalue weighted by Crippen LogP contribution is -2.52. The summed E-state index contributed by atoms with van der Waals surface area (Å²) in [5, 5.41) is 3.74. The maximum absolute atomic E-state index is 3.74. The lowest BCUT2D eigenvalue weighted by molar-refractivity contribution is 0.0560. The van der Waals surface area contributed by atoms with E-state index >= 15 is 0 Å². The minimum Gasteiger partial charge on any atom is -0.313 e. The maximum Gasteiger partial charge on any atom is 0.0175 e. The van der Waals surface area contributed by atoms with E-state index < -0.39 is 0 Å². The highest BCUT2D eigenvalue weighted by atomic mass is 79.9. The summed E-state index contributed by atoms with van der Waals surface area (Å²) in [6.45, 7) is 5.94. The number of rotatable bonds is 4. The van der Waals surface area contributed by atoms with E-state index in [0.29, 0.717) is 10.8 Å². The van der Waals surface area contributed by atoms with Crippen molar-refractivity contribution < 1.29 is 0 Å². The fraction of sp³-hybridized carbons (Fsp3) is 0.625. The number of halogens is 1. The van der Waals surface area contributed by atoms with Gasteiger partial charge in [-0.25, -0.2) is 0 Å². The molecule has 0 unspecified atom stereocenters. The summed E-state index contributed by atoms with van der Waals surface area (Å²) in [7, 11) is 0. The third-order valence-electron chi connectivity index (χ3n) is 4.40.